The summed E-state index contributed by atoms with van der Waals surface area (Å²) in [6.07, 6.45) is 1.47. The van der Waals surface area contributed by atoms with Gasteiger partial charge in [0.15, 0.2) is 11.5 Å². The first kappa shape index (κ1) is 24.0. The molecular weight excluding hydrogens is 487 g/mol. The minimum atomic E-state index is -0.513. The number of nitrogens with zero attached hydrogens (tertiary/aromatic N) is 1. The number of amides is 1. The van der Waals surface area contributed by atoms with Crippen molar-refractivity contribution in [3.05, 3.63) is 92.7 Å². The molecule has 3 aromatic carbocycles. The fraction of sp³-hybridized carbons (Fsp3) is 0.154. The molecule has 1 N–H and O–H groups in total. The average molecular weight is 509 g/mol. The van der Waals surface area contributed by atoms with E-state index in [0.717, 1.165) is 11.1 Å². The van der Waals surface area contributed by atoms with Crippen LogP contribution in [-0.4, -0.2) is 13.0 Å². The molecule has 0 spiro atoms. The highest BCUT2D eigenvalue weighted by atomic mass is 79.9. The number of hydrogen-bond acceptors (Lipinski definition) is 4. The Balaban J connectivity index is 1.85. The average Bonchev–Trinajstić information content (AvgIpc) is 2.79. The van der Waals surface area contributed by atoms with E-state index in [-0.39, 0.29) is 18.0 Å². The Morgan fingerprint density at radius 1 is 1.18 bits per heavy atom. The summed E-state index contributed by atoms with van der Waals surface area (Å²) < 4.78 is 25.7. The van der Waals surface area contributed by atoms with Crippen LogP contribution in [0.25, 0.3) is 6.08 Å². The van der Waals surface area contributed by atoms with Gasteiger partial charge in [-0.1, -0.05) is 30.3 Å². The third-order valence-corrected chi connectivity index (χ3v) is 5.49. The van der Waals surface area contributed by atoms with Gasteiger partial charge in [-0.2, -0.15) is 5.26 Å². The Kier molecular flexibility index (Phi) is 7.86. The SMILES string of the molecule is COc1cc(/C=C(\C#N)C(=O)Nc2cc(C)ccc2C)cc(Br)c1OCc1ccccc1F. The Morgan fingerprint density at radius 3 is 2.64 bits per heavy atom. The molecule has 0 unspecified atom stereocenters. The molecule has 0 atom stereocenters. The molecular formula is C26H22BrFN2O3. The number of anilines is 1. The molecule has 5 nitrogen and oxygen atoms in total. The zero-order valence-corrected chi connectivity index (χ0v) is 20.0. The zero-order chi connectivity index (χ0) is 24.0. The lowest BCUT2D eigenvalue weighted by Gasteiger charge is -2.14. The van der Waals surface area contributed by atoms with Crippen molar-refractivity contribution in [1.29, 1.82) is 5.26 Å². The molecule has 0 aromatic heterocycles. The Bertz CT molecular complexity index is 1260. The van der Waals surface area contributed by atoms with Crippen LogP contribution in [0.1, 0.15) is 22.3 Å². The molecule has 168 valence electrons. The summed E-state index contributed by atoms with van der Waals surface area (Å²) in [4.78, 5) is 12.7. The van der Waals surface area contributed by atoms with E-state index in [1.54, 1.807) is 30.3 Å². The lowest BCUT2D eigenvalue weighted by Crippen LogP contribution is -2.14. The van der Waals surface area contributed by atoms with Crippen LogP contribution in [0.5, 0.6) is 11.5 Å². The second-order valence-corrected chi connectivity index (χ2v) is 8.21. The van der Waals surface area contributed by atoms with Crippen LogP contribution < -0.4 is 14.8 Å². The Labute approximate surface area is 200 Å². The topological polar surface area (TPSA) is 71.3 Å². The largest absolute Gasteiger partial charge is 0.493 e. The number of benzene rings is 3. The highest BCUT2D eigenvalue weighted by Gasteiger charge is 2.15. The standard InChI is InChI=1S/C26H22BrFN2O3/c1-16-8-9-17(2)23(10-16)30-26(31)20(14-29)11-18-12-21(27)25(24(13-18)32-3)33-15-19-6-4-5-7-22(19)28/h4-13H,15H2,1-3H3,(H,30,31)/b20-11+. The summed E-state index contributed by atoms with van der Waals surface area (Å²) in [6, 6.07) is 17.3. The lowest BCUT2D eigenvalue weighted by atomic mass is 10.1. The van der Waals surface area contributed by atoms with Crippen molar-refractivity contribution in [1.82, 2.24) is 0 Å². The first-order chi connectivity index (χ1) is 15.8. The zero-order valence-electron chi connectivity index (χ0n) is 18.4. The monoisotopic (exact) mass is 508 g/mol. The molecule has 7 heteroatoms. The number of halogens is 2. The van der Waals surface area contributed by atoms with Crippen molar-refractivity contribution in [3.8, 4) is 17.6 Å². The second-order valence-electron chi connectivity index (χ2n) is 7.36. The first-order valence-corrected chi connectivity index (χ1v) is 10.9. The van der Waals surface area contributed by atoms with Gasteiger partial charge >= 0.3 is 0 Å². The predicted octanol–water partition coefficient (Wildman–Crippen LogP) is 6.34. The molecule has 33 heavy (non-hydrogen) atoms. The van der Waals surface area contributed by atoms with Gasteiger partial charge in [0, 0.05) is 11.3 Å². The molecule has 0 fully saturated rings. The van der Waals surface area contributed by atoms with Gasteiger partial charge in [0.05, 0.1) is 11.6 Å². The molecule has 0 saturated carbocycles. The number of methoxy groups -OCH3 is 1. The highest BCUT2D eigenvalue weighted by Crippen LogP contribution is 2.38. The van der Waals surface area contributed by atoms with Crippen molar-refractivity contribution >= 4 is 33.6 Å². The smallest absolute Gasteiger partial charge is 0.266 e. The van der Waals surface area contributed by atoms with Crippen LogP contribution in [0.2, 0.25) is 0 Å². The second kappa shape index (κ2) is 10.8. The number of nitrogens with one attached hydrogen (secondary N) is 1. The maximum absolute atomic E-state index is 13.9. The van der Waals surface area contributed by atoms with Crippen molar-refractivity contribution < 1.29 is 18.7 Å². The predicted molar refractivity (Wildman–Crippen MR) is 130 cm³/mol. The van der Waals surface area contributed by atoms with Crippen molar-refractivity contribution in [2.45, 2.75) is 20.5 Å². The molecule has 0 saturated heterocycles. The van der Waals surface area contributed by atoms with Gasteiger partial charge in [0.1, 0.15) is 24.1 Å². The number of hydrogen-bond donors (Lipinski definition) is 1. The highest BCUT2D eigenvalue weighted by molar-refractivity contribution is 9.10. The number of ether oxygens (including phenoxy) is 2. The summed E-state index contributed by atoms with van der Waals surface area (Å²) in [5.41, 5.74) is 3.45. The van der Waals surface area contributed by atoms with E-state index in [1.807, 2.05) is 38.1 Å². The minimum absolute atomic E-state index is 0.0124. The lowest BCUT2D eigenvalue weighted by molar-refractivity contribution is -0.112. The quantitative estimate of drug-likeness (QED) is 0.298. The molecule has 0 aliphatic rings. The van der Waals surface area contributed by atoms with Gasteiger partial charge in [-0.05, 0) is 76.8 Å². The third kappa shape index (κ3) is 5.99. The van der Waals surface area contributed by atoms with Gasteiger partial charge in [-0.25, -0.2) is 4.39 Å². The van der Waals surface area contributed by atoms with Crippen LogP contribution in [0.15, 0.2) is 64.6 Å². The van der Waals surface area contributed by atoms with Crippen LogP contribution in [0.4, 0.5) is 10.1 Å². The molecule has 0 aliphatic heterocycles. The minimum Gasteiger partial charge on any atom is -0.493 e. The van der Waals surface area contributed by atoms with Crippen LogP contribution in [0, 0.1) is 31.0 Å². The molecule has 0 bridgehead atoms. The maximum atomic E-state index is 13.9. The first-order valence-electron chi connectivity index (χ1n) is 10.1. The van der Waals surface area contributed by atoms with Gasteiger partial charge in [-0.3, -0.25) is 4.79 Å². The van der Waals surface area contributed by atoms with Crippen LogP contribution in [-0.2, 0) is 11.4 Å². The van der Waals surface area contributed by atoms with E-state index in [9.17, 15) is 14.4 Å². The van der Waals surface area contributed by atoms with E-state index < -0.39 is 5.91 Å². The molecule has 0 aliphatic carbocycles. The summed E-state index contributed by atoms with van der Waals surface area (Å²) in [5.74, 6) is -0.114. The van der Waals surface area contributed by atoms with Crippen molar-refractivity contribution in [3.63, 3.8) is 0 Å². The molecule has 3 rings (SSSR count). The van der Waals surface area contributed by atoms with Gasteiger partial charge in [0.25, 0.3) is 5.91 Å². The third-order valence-electron chi connectivity index (χ3n) is 4.90. The molecule has 0 heterocycles. The normalized spacial score (nSPS) is 11.0. The number of nitriles is 1. The molecule has 0 radical (unpaired) electrons. The Morgan fingerprint density at radius 2 is 1.94 bits per heavy atom. The van der Waals surface area contributed by atoms with Gasteiger partial charge in [-0.15, -0.1) is 0 Å². The number of rotatable bonds is 7. The van der Waals surface area contributed by atoms with Crippen molar-refractivity contribution in [2.24, 2.45) is 0 Å². The van der Waals surface area contributed by atoms with Crippen LogP contribution >= 0.6 is 15.9 Å². The summed E-state index contributed by atoms with van der Waals surface area (Å²) in [7, 11) is 1.48. The fourth-order valence-corrected chi connectivity index (χ4v) is 3.68. The fourth-order valence-electron chi connectivity index (χ4n) is 3.10. The van der Waals surface area contributed by atoms with Gasteiger partial charge < -0.3 is 14.8 Å². The Hall–Kier alpha value is -3.63. The van der Waals surface area contributed by atoms with Crippen molar-refractivity contribution in [2.75, 3.05) is 12.4 Å². The maximum Gasteiger partial charge on any atom is 0.266 e. The van der Waals surface area contributed by atoms with Gasteiger partial charge in [0.2, 0.25) is 0 Å². The summed E-state index contributed by atoms with van der Waals surface area (Å²) >= 11 is 3.44. The number of carbonyl (C=O) groups is 1. The van der Waals surface area contributed by atoms with Crippen LogP contribution in [0.3, 0.4) is 0 Å². The summed E-state index contributed by atoms with van der Waals surface area (Å²) in [5, 5.41) is 12.4. The number of aryl methyl sites for hydroxylation is 2. The van der Waals surface area contributed by atoms with E-state index in [4.69, 9.17) is 9.47 Å². The van der Waals surface area contributed by atoms with E-state index in [2.05, 4.69) is 21.2 Å². The number of carbonyl (C=O) groups excluding carboxylic acids is 1. The molecule has 3 aromatic rings. The molecule has 1 amide bonds. The van der Waals surface area contributed by atoms with E-state index in [1.165, 1.54) is 19.3 Å². The van der Waals surface area contributed by atoms with E-state index in [0.29, 0.717) is 32.8 Å². The summed E-state index contributed by atoms with van der Waals surface area (Å²) in [6.45, 7) is 3.82. The van der Waals surface area contributed by atoms with E-state index >= 15 is 0 Å².